The van der Waals surface area contributed by atoms with Gasteiger partial charge in [0.15, 0.2) is 0 Å². The summed E-state index contributed by atoms with van der Waals surface area (Å²) in [6.07, 6.45) is -3.30. The number of aromatic nitrogens is 2. The van der Waals surface area contributed by atoms with E-state index in [2.05, 4.69) is 15.3 Å². The molecular weight excluding hydrogens is 403 g/mol. The smallest absolute Gasteiger partial charge is 0.325 e. The lowest BCUT2D eigenvalue weighted by atomic mass is 10.2. The Balaban J connectivity index is 1.56. The Morgan fingerprint density at radius 2 is 1.83 bits per heavy atom. The number of thioether (sulfide) groups is 1. The van der Waals surface area contributed by atoms with Gasteiger partial charge in [-0.2, -0.15) is 13.2 Å². The zero-order valence-corrected chi connectivity index (χ0v) is 16.1. The van der Waals surface area contributed by atoms with E-state index in [4.69, 9.17) is 0 Å². The number of aryl methyl sites for hydroxylation is 1. The molecule has 0 radical (unpaired) electrons. The van der Waals surface area contributed by atoms with Crippen molar-refractivity contribution < 1.29 is 18.0 Å². The van der Waals surface area contributed by atoms with Crippen LogP contribution in [0.4, 0.5) is 18.9 Å². The number of nitrogens with zero attached hydrogens (tertiary/aromatic N) is 1. The molecule has 0 aliphatic rings. The van der Waals surface area contributed by atoms with E-state index in [0.29, 0.717) is 51.9 Å². The van der Waals surface area contributed by atoms with Crippen LogP contribution in [0.1, 0.15) is 18.7 Å². The molecule has 0 atom stereocenters. The van der Waals surface area contributed by atoms with Crippen LogP contribution in [0.3, 0.4) is 0 Å². The maximum absolute atomic E-state index is 12.4. The second kappa shape index (κ2) is 9.13. The van der Waals surface area contributed by atoms with Gasteiger partial charge in [-0.25, -0.2) is 4.98 Å². The van der Waals surface area contributed by atoms with Gasteiger partial charge in [-0.05, 0) is 30.7 Å². The molecule has 1 aromatic heterocycles. The standard InChI is InChI=1S/C20H18F3N3O2S/c21-20(22,23)12-29-16-9-4-3-8-15(16)25-18(27)11-5-10-17-24-14-7-2-1-6-13(14)19(28)26-17/h1-4,6-9H,5,10-12H2,(H,25,27)(H,24,26,28). The van der Waals surface area contributed by atoms with Crippen molar-refractivity contribution in [3.8, 4) is 0 Å². The number of rotatable bonds is 7. The van der Waals surface area contributed by atoms with Crippen molar-refractivity contribution in [2.75, 3.05) is 11.1 Å². The molecule has 0 fully saturated rings. The number of para-hydroxylation sites is 2. The second-order valence-electron chi connectivity index (χ2n) is 6.33. The van der Waals surface area contributed by atoms with E-state index in [1.165, 1.54) is 6.07 Å². The number of hydrogen-bond acceptors (Lipinski definition) is 4. The molecule has 2 N–H and O–H groups in total. The fraction of sp³-hybridized carbons (Fsp3) is 0.250. The zero-order chi connectivity index (χ0) is 20.9. The predicted octanol–water partition coefficient (Wildman–Crippen LogP) is 4.54. The highest BCUT2D eigenvalue weighted by Gasteiger charge is 2.27. The first-order valence-electron chi connectivity index (χ1n) is 8.88. The monoisotopic (exact) mass is 421 g/mol. The topological polar surface area (TPSA) is 74.8 Å². The van der Waals surface area contributed by atoms with Crippen molar-refractivity contribution in [2.45, 2.75) is 30.3 Å². The number of anilines is 1. The Hall–Kier alpha value is -2.81. The molecule has 0 unspecified atom stereocenters. The summed E-state index contributed by atoms with van der Waals surface area (Å²) in [5, 5.41) is 3.16. The van der Waals surface area contributed by atoms with Crippen molar-refractivity contribution >= 4 is 34.3 Å². The maximum atomic E-state index is 12.4. The van der Waals surface area contributed by atoms with Crippen LogP contribution in [0, 0.1) is 0 Å². The van der Waals surface area contributed by atoms with Crippen molar-refractivity contribution in [2.24, 2.45) is 0 Å². The van der Waals surface area contributed by atoms with E-state index >= 15 is 0 Å². The highest BCUT2D eigenvalue weighted by atomic mass is 32.2. The number of H-pyrrole nitrogens is 1. The summed E-state index contributed by atoms with van der Waals surface area (Å²) in [5.41, 5.74) is 0.709. The van der Waals surface area contributed by atoms with Crippen LogP contribution in [0.15, 0.2) is 58.2 Å². The van der Waals surface area contributed by atoms with E-state index in [9.17, 15) is 22.8 Å². The van der Waals surface area contributed by atoms with Crippen LogP contribution in [0.2, 0.25) is 0 Å². The van der Waals surface area contributed by atoms with Gasteiger partial charge in [-0.1, -0.05) is 24.3 Å². The number of alkyl halides is 3. The first kappa shape index (κ1) is 20.9. The summed E-state index contributed by atoms with van der Waals surface area (Å²) in [7, 11) is 0. The third-order valence-corrected chi connectivity index (χ3v) is 5.17. The molecule has 1 amide bonds. The third-order valence-electron chi connectivity index (χ3n) is 4.03. The minimum atomic E-state index is -4.29. The first-order chi connectivity index (χ1) is 13.8. The summed E-state index contributed by atoms with van der Waals surface area (Å²) in [6, 6.07) is 13.4. The van der Waals surface area contributed by atoms with Crippen LogP contribution < -0.4 is 10.9 Å². The molecule has 29 heavy (non-hydrogen) atoms. The molecule has 3 aromatic rings. The Bertz CT molecular complexity index is 1070. The molecule has 2 aromatic carbocycles. The fourth-order valence-electron chi connectivity index (χ4n) is 2.74. The largest absolute Gasteiger partial charge is 0.398 e. The molecule has 5 nitrogen and oxygen atoms in total. The summed E-state index contributed by atoms with van der Waals surface area (Å²) >= 11 is 0.630. The molecule has 0 saturated heterocycles. The van der Waals surface area contributed by atoms with Gasteiger partial charge in [0.2, 0.25) is 5.91 Å². The number of carbonyl (C=O) groups excluding carboxylic acids is 1. The Morgan fingerprint density at radius 3 is 2.62 bits per heavy atom. The average molecular weight is 421 g/mol. The third kappa shape index (κ3) is 6.08. The van der Waals surface area contributed by atoms with Crippen molar-refractivity contribution in [3.63, 3.8) is 0 Å². The quantitative estimate of drug-likeness (QED) is 0.550. The molecule has 0 saturated carbocycles. The van der Waals surface area contributed by atoms with E-state index < -0.39 is 11.9 Å². The summed E-state index contributed by atoms with van der Waals surface area (Å²) in [4.78, 5) is 31.7. The summed E-state index contributed by atoms with van der Waals surface area (Å²) in [5.74, 6) is -0.850. The van der Waals surface area contributed by atoms with E-state index in [1.54, 1.807) is 42.5 Å². The molecule has 1 heterocycles. The summed E-state index contributed by atoms with van der Waals surface area (Å²) in [6.45, 7) is 0. The zero-order valence-electron chi connectivity index (χ0n) is 15.3. The van der Waals surface area contributed by atoms with Crippen molar-refractivity contribution in [1.29, 1.82) is 0 Å². The first-order valence-corrected chi connectivity index (χ1v) is 9.87. The van der Waals surface area contributed by atoms with Gasteiger partial charge in [0, 0.05) is 17.7 Å². The normalized spacial score (nSPS) is 11.6. The molecule has 0 aliphatic heterocycles. The van der Waals surface area contributed by atoms with E-state index in [-0.39, 0.29) is 17.9 Å². The van der Waals surface area contributed by atoms with Crippen LogP contribution in [-0.4, -0.2) is 27.8 Å². The fourth-order valence-corrected chi connectivity index (χ4v) is 3.51. The number of aromatic amines is 1. The number of carbonyl (C=O) groups is 1. The highest BCUT2D eigenvalue weighted by Crippen LogP contribution is 2.32. The van der Waals surface area contributed by atoms with Gasteiger partial charge in [-0.15, -0.1) is 11.8 Å². The molecular formula is C20H18F3N3O2S. The van der Waals surface area contributed by atoms with Crippen LogP contribution in [-0.2, 0) is 11.2 Å². The Morgan fingerprint density at radius 1 is 1.10 bits per heavy atom. The molecule has 0 bridgehead atoms. The minimum Gasteiger partial charge on any atom is -0.325 e. The Labute approximate surface area is 168 Å². The van der Waals surface area contributed by atoms with Crippen molar-refractivity contribution in [3.05, 3.63) is 64.7 Å². The number of hydrogen-bond donors (Lipinski definition) is 2. The number of halogens is 3. The van der Waals surface area contributed by atoms with Gasteiger partial charge in [0.25, 0.3) is 5.56 Å². The predicted molar refractivity (Wildman–Crippen MR) is 107 cm³/mol. The number of fused-ring (bicyclic) bond motifs is 1. The van der Waals surface area contributed by atoms with Crippen LogP contribution >= 0.6 is 11.8 Å². The maximum Gasteiger partial charge on any atom is 0.398 e. The van der Waals surface area contributed by atoms with Crippen molar-refractivity contribution in [1.82, 2.24) is 9.97 Å². The molecule has 152 valence electrons. The molecule has 3 rings (SSSR count). The molecule has 0 spiro atoms. The number of amides is 1. The lowest BCUT2D eigenvalue weighted by Crippen LogP contribution is -2.15. The van der Waals surface area contributed by atoms with Crippen LogP contribution in [0.25, 0.3) is 10.9 Å². The lowest BCUT2D eigenvalue weighted by Gasteiger charge is -2.12. The average Bonchev–Trinajstić information content (AvgIpc) is 2.67. The van der Waals surface area contributed by atoms with E-state index in [0.717, 1.165) is 0 Å². The van der Waals surface area contributed by atoms with Gasteiger partial charge in [0.05, 0.1) is 22.3 Å². The molecule has 9 heteroatoms. The molecule has 0 aliphatic carbocycles. The Kier molecular flexibility index (Phi) is 6.58. The van der Waals surface area contributed by atoms with Crippen LogP contribution in [0.5, 0.6) is 0 Å². The second-order valence-corrected chi connectivity index (χ2v) is 7.35. The van der Waals surface area contributed by atoms with Gasteiger partial charge >= 0.3 is 6.18 Å². The highest BCUT2D eigenvalue weighted by molar-refractivity contribution is 7.99. The number of nitrogens with one attached hydrogen (secondary N) is 2. The van der Waals surface area contributed by atoms with E-state index in [1.807, 2.05) is 0 Å². The lowest BCUT2D eigenvalue weighted by molar-refractivity contribution is -0.116. The SMILES string of the molecule is O=C(CCCc1nc2ccccc2c(=O)[nH]1)Nc1ccccc1SCC(F)(F)F. The summed E-state index contributed by atoms with van der Waals surface area (Å²) < 4.78 is 37.3. The number of benzene rings is 2. The minimum absolute atomic E-state index is 0.148. The van der Waals surface area contributed by atoms with Gasteiger partial charge < -0.3 is 10.3 Å². The van der Waals surface area contributed by atoms with Gasteiger partial charge in [-0.3, -0.25) is 9.59 Å². The van der Waals surface area contributed by atoms with Gasteiger partial charge in [0.1, 0.15) is 5.82 Å².